The number of hydrogen-bond donors (Lipinski definition) is 1. The van der Waals surface area contributed by atoms with Gasteiger partial charge in [-0.05, 0) is 31.8 Å². The number of benzene rings is 1. The van der Waals surface area contributed by atoms with E-state index in [4.69, 9.17) is 10.00 Å². The van der Waals surface area contributed by atoms with Crippen molar-refractivity contribution in [1.29, 1.82) is 5.26 Å². The first-order chi connectivity index (χ1) is 8.22. The molecule has 17 heavy (non-hydrogen) atoms. The van der Waals surface area contributed by atoms with Gasteiger partial charge in [0, 0.05) is 19.6 Å². The van der Waals surface area contributed by atoms with E-state index in [9.17, 15) is 0 Å². The highest BCUT2D eigenvalue weighted by Crippen LogP contribution is 2.11. The molecule has 1 aromatic carbocycles. The molecule has 4 nitrogen and oxygen atoms in total. The van der Waals surface area contributed by atoms with Crippen molar-refractivity contribution in [1.82, 2.24) is 10.2 Å². The zero-order valence-electron chi connectivity index (χ0n) is 10.4. The van der Waals surface area contributed by atoms with Crippen molar-refractivity contribution in [2.24, 2.45) is 0 Å². The molecule has 0 bridgehead atoms. The maximum Gasteiger partial charge on any atom is 0.174 e. The topological polar surface area (TPSA) is 48.3 Å². The van der Waals surface area contributed by atoms with Gasteiger partial charge in [-0.3, -0.25) is 0 Å². The number of nitrogens with one attached hydrogen (secondary N) is 1. The predicted octanol–water partition coefficient (Wildman–Crippen LogP) is 1.24. The molecule has 0 amide bonds. The van der Waals surface area contributed by atoms with Gasteiger partial charge in [-0.25, -0.2) is 0 Å². The Bertz CT molecular complexity index is 354. The Morgan fingerprint density at radius 1 is 1.29 bits per heavy atom. The molecule has 0 spiro atoms. The lowest BCUT2D eigenvalue weighted by atomic mass is 10.2. The van der Waals surface area contributed by atoms with E-state index in [1.165, 1.54) is 5.56 Å². The van der Waals surface area contributed by atoms with Crippen LogP contribution in [0.4, 0.5) is 0 Å². The summed E-state index contributed by atoms with van der Waals surface area (Å²) in [5.41, 5.74) is 1.22. The number of ether oxygens (including phenoxy) is 1. The zero-order chi connectivity index (χ0) is 12.5. The van der Waals surface area contributed by atoms with Crippen molar-refractivity contribution >= 4 is 0 Å². The fourth-order valence-electron chi connectivity index (χ4n) is 1.35. The lowest BCUT2D eigenvalue weighted by Gasteiger charge is -2.10. The lowest BCUT2D eigenvalue weighted by molar-refractivity contribution is 0.368. The summed E-state index contributed by atoms with van der Waals surface area (Å²) < 4.78 is 5.18. The molecule has 1 aromatic rings. The fraction of sp³-hybridized carbons (Fsp3) is 0.462. The minimum atomic E-state index is 0.0977. The van der Waals surface area contributed by atoms with Crippen LogP contribution >= 0.6 is 0 Å². The number of nitriles is 1. The van der Waals surface area contributed by atoms with Crippen LogP contribution in [0.1, 0.15) is 5.56 Å². The molecule has 0 saturated heterocycles. The summed E-state index contributed by atoms with van der Waals surface area (Å²) in [6, 6.07) is 9.74. The van der Waals surface area contributed by atoms with Crippen LogP contribution in [-0.2, 0) is 6.54 Å². The summed E-state index contributed by atoms with van der Waals surface area (Å²) in [5.74, 6) is 0.739. The second-order valence-corrected chi connectivity index (χ2v) is 4.07. The fourth-order valence-corrected chi connectivity index (χ4v) is 1.35. The largest absolute Gasteiger partial charge is 0.479 e. The Hall–Kier alpha value is -1.57. The molecule has 1 rings (SSSR count). The minimum Gasteiger partial charge on any atom is -0.479 e. The van der Waals surface area contributed by atoms with Gasteiger partial charge in [-0.1, -0.05) is 12.1 Å². The summed E-state index contributed by atoms with van der Waals surface area (Å²) in [6.45, 7) is 2.95. The second-order valence-electron chi connectivity index (χ2n) is 4.07. The zero-order valence-corrected chi connectivity index (χ0v) is 10.4. The summed E-state index contributed by atoms with van der Waals surface area (Å²) in [4.78, 5) is 2.14. The number of likely N-dealkylation sites (N-methyl/N-ethyl adjacent to an activating group) is 1. The number of nitrogens with zero attached hydrogens (tertiary/aromatic N) is 2. The Balaban J connectivity index is 2.28. The average molecular weight is 233 g/mol. The highest BCUT2D eigenvalue weighted by atomic mass is 16.5. The first kappa shape index (κ1) is 13.5. The van der Waals surface area contributed by atoms with Crippen LogP contribution in [0.25, 0.3) is 0 Å². The smallest absolute Gasteiger partial charge is 0.174 e. The maximum absolute atomic E-state index is 8.38. The molecule has 4 heteroatoms. The molecular weight excluding hydrogens is 214 g/mol. The molecule has 0 atom stereocenters. The van der Waals surface area contributed by atoms with Crippen molar-refractivity contribution < 1.29 is 4.74 Å². The Kier molecular flexibility index (Phi) is 6.08. The van der Waals surface area contributed by atoms with Gasteiger partial charge in [0.1, 0.15) is 11.8 Å². The van der Waals surface area contributed by atoms with Gasteiger partial charge in [0.2, 0.25) is 0 Å². The first-order valence-electron chi connectivity index (χ1n) is 5.66. The summed E-state index contributed by atoms with van der Waals surface area (Å²) in [6.07, 6.45) is 0. The van der Waals surface area contributed by atoms with Gasteiger partial charge in [-0.2, -0.15) is 5.26 Å². The summed E-state index contributed by atoms with van der Waals surface area (Å²) in [7, 11) is 4.12. The van der Waals surface area contributed by atoms with E-state index in [0.717, 1.165) is 25.4 Å². The van der Waals surface area contributed by atoms with Crippen LogP contribution in [0.2, 0.25) is 0 Å². The van der Waals surface area contributed by atoms with Crippen molar-refractivity contribution in [2.75, 3.05) is 33.8 Å². The Morgan fingerprint density at radius 3 is 2.59 bits per heavy atom. The lowest BCUT2D eigenvalue weighted by Crippen LogP contribution is -2.26. The normalized spacial score (nSPS) is 10.2. The molecule has 0 fully saturated rings. The van der Waals surface area contributed by atoms with Gasteiger partial charge in [-0.15, -0.1) is 0 Å². The van der Waals surface area contributed by atoms with Crippen LogP contribution < -0.4 is 10.1 Å². The number of rotatable bonds is 7. The summed E-state index contributed by atoms with van der Waals surface area (Å²) >= 11 is 0. The molecule has 0 saturated carbocycles. The molecule has 0 unspecified atom stereocenters. The van der Waals surface area contributed by atoms with E-state index >= 15 is 0 Å². The van der Waals surface area contributed by atoms with Crippen molar-refractivity contribution in [3.8, 4) is 11.8 Å². The van der Waals surface area contributed by atoms with Gasteiger partial charge >= 0.3 is 0 Å². The highest BCUT2D eigenvalue weighted by molar-refractivity contribution is 5.27. The third-order valence-corrected chi connectivity index (χ3v) is 2.29. The molecule has 0 aliphatic heterocycles. The molecule has 0 radical (unpaired) electrons. The van der Waals surface area contributed by atoms with E-state index < -0.39 is 0 Å². The molecule has 0 aliphatic carbocycles. The van der Waals surface area contributed by atoms with Gasteiger partial charge in [0.25, 0.3) is 0 Å². The molecule has 0 heterocycles. The van der Waals surface area contributed by atoms with Crippen LogP contribution in [0.15, 0.2) is 24.3 Å². The number of hydrogen-bond acceptors (Lipinski definition) is 4. The van der Waals surface area contributed by atoms with Crippen LogP contribution in [0.3, 0.4) is 0 Å². The van der Waals surface area contributed by atoms with E-state index in [1.807, 2.05) is 30.3 Å². The van der Waals surface area contributed by atoms with Crippen LogP contribution in [-0.4, -0.2) is 38.7 Å². The van der Waals surface area contributed by atoms with Gasteiger partial charge < -0.3 is 15.0 Å². The predicted molar refractivity (Wildman–Crippen MR) is 67.8 cm³/mol. The van der Waals surface area contributed by atoms with Gasteiger partial charge in [0.15, 0.2) is 6.61 Å². The van der Waals surface area contributed by atoms with Crippen LogP contribution in [0, 0.1) is 11.3 Å². The van der Waals surface area contributed by atoms with Crippen molar-refractivity contribution in [3.63, 3.8) is 0 Å². The standard InChI is InChI=1S/C13H19N3O/c1-16(2)9-8-15-11-12-3-5-13(6-4-12)17-10-7-14/h3-6,15H,8-11H2,1-2H3. The van der Waals surface area contributed by atoms with Gasteiger partial charge in [0.05, 0.1) is 0 Å². The van der Waals surface area contributed by atoms with Crippen molar-refractivity contribution in [3.05, 3.63) is 29.8 Å². The molecular formula is C13H19N3O. The highest BCUT2D eigenvalue weighted by Gasteiger charge is 1.95. The van der Waals surface area contributed by atoms with E-state index in [2.05, 4.69) is 24.3 Å². The molecule has 0 aromatic heterocycles. The molecule has 92 valence electrons. The Morgan fingerprint density at radius 2 is 2.00 bits per heavy atom. The van der Waals surface area contributed by atoms with Crippen molar-refractivity contribution in [2.45, 2.75) is 6.54 Å². The minimum absolute atomic E-state index is 0.0977. The SMILES string of the molecule is CN(C)CCNCc1ccc(OCC#N)cc1. The molecule has 0 aliphatic rings. The second kappa shape index (κ2) is 7.66. The van der Waals surface area contributed by atoms with E-state index in [-0.39, 0.29) is 6.61 Å². The maximum atomic E-state index is 8.38. The van der Waals surface area contributed by atoms with Crippen LogP contribution in [0.5, 0.6) is 5.75 Å². The molecule has 1 N–H and O–H groups in total. The quantitative estimate of drug-likeness (QED) is 0.720. The van der Waals surface area contributed by atoms with E-state index in [0.29, 0.717) is 0 Å². The van der Waals surface area contributed by atoms with E-state index in [1.54, 1.807) is 0 Å². The summed E-state index contributed by atoms with van der Waals surface area (Å²) in [5, 5.41) is 11.7. The monoisotopic (exact) mass is 233 g/mol. The Labute approximate surface area is 103 Å². The first-order valence-corrected chi connectivity index (χ1v) is 5.66. The average Bonchev–Trinajstić information content (AvgIpc) is 2.33. The third kappa shape index (κ3) is 5.91. The third-order valence-electron chi connectivity index (χ3n) is 2.29.